The molecule has 2 aromatic heterocycles. The lowest BCUT2D eigenvalue weighted by molar-refractivity contribution is -0.141. The number of aryl methyl sites for hydroxylation is 1. The second-order valence-electron chi connectivity index (χ2n) is 5.18. The number of hydrogen-bond donors (Lipinski definition) is 2. The molecule has 1 aliphatic rings. The van der Waals surface area contributed by atoms with Crippen LogP contribution in [0.25, 0.3) is 0 Å². The zero-order valence-electron chi connectivity index (χ0n) is 11.7. The third-order valence-electron chi connectivity index (χ3n) is 3.52. The van der Waals surface area contributed by atoms with Gasteiger partial charge < -0.3 is 15.0 Å². The Labute approximate surface area is 128 Å². The van der Waals surface area contributed by atoms with Gasteiger partial charge in [0.1, 0.15) is 11.6 Å². The SMILES string of the molecule is O=C(O)c1ccc(NC2CCc3nc(C(F)(F)F)cn3C2)nn1. The standard InChI is InChI=1S/C13H12F3N5O2/c14-13(15,16)9-6-21-5-7(1-4-11(21)18-9)17-10-3-2-8(12(22)23)19-20-10/h2-3,6-7H,1,4-5H2,(H,17,20)(H,22,23). The number of imidazole rings is 1. The molecule has 0 fully saturated rings. The fourth-order valence-corrected chi connectivity index (χ4v) is 2.43. The van der Waals surface area contributed by atoms with Crippen LogP contribution in [0.1, 0.15) is 28.4 Å². The molecule has 7 nitrogen and oxygen atoms in total. The second kappa shape index (κ2) is 5.52. The Morgan fingerprint density at radius 1 is 1.35 bits per heavy atom. The lowest BCUT2D eigenvalue weighted by Gasteiger charge is -2.24. The van der Waals surface area contributed by atoms with Crippen LogP contribution >= 0.6 is 0 Å². The molecule has 122 valence electrons. The fourth-order valence-electron chi connectivity index (χ4n) is 2.43. The largest absolute Gasteiger partial charge is 0.476 e. The van der Waals surface area contributed by atoms with Crippen molar-refractivity contribution in [2.45, 2.75) is 31.6 Å². The maximum Gasteiger partial charge on any atom is 0.434 e. The average Bonchev–Trinajstić information content (AvgIpc) is 2.91. The van der Waals surface area contributed by atoms with Crippen LogP contribution in [0.5, 0.6) is 0 Å². The first-order valence-corrected chi connectivity index (χ1v) is 6.80. The van der Waals surface area contributed by atoms with Gasteiger partial charge in [0.05, 0.1) is 0 Å². The number of rotatable bonds is 3. The normalized spacial score (nSPS) is 17.6. The summed E-state index contributed by atoms with van der Waals surface area (Å²) in [6, 6.07) is 2.65. The predicted octanol–water partition coefficient (Wildman–Crippen LogP) is 1.82. The Kier molecular flexibility index (Phi) is 3.66. The molecule has 23 heavy (non-hydrogen) atoms. The van der Waals surface area contributed by atoms with Gasteiger partial charge in [-0.05, 0) is 18.6 Å². The monoisotopic (exact) mass is 327 g/mol. The summed E-state index contributed by atoms with van der Waals surface area (Å²) in [5, 5.41) is 19.1. The molecule has 2 N–H and O–H groups in total. The van der Waals surface area contributed by atoms with E-state index in [2.05, 4.69) is 20.5 Å². The van der Waals surface area contributed by atoms with Gasteiger partial charge in [-0.25, -0.2) is 9.78 Å². The van der Waals surface area contributed by atoms with Crippen LogP contribution in [0.15, 0.2) is 18.3 Å². The van der Waals surface area contributed by atoms with E-state index in [1.165, 1.54) is 16.7 Å². The Hall–Kier alpha value is -2.65. The molecule has 10 heteroatoms. The number of carbonyl (C=O) groups is 1. The highest BCUT2D eigenvalue weighted by Crippen LogP contribution is 2.30. The number of nitrogens with one attached hydrogen (secondary N) is 1. The van der Waals surface area contributed by atoms with Crippen molar-refractivity contribution < 1.29 is 23.1 Å². The number of aromatic nitrogens is 4. The van der Waals surface area contributed by atoms with Crippen molar-refractivity contribution >= 4 is 11.8 Å². The maximum absolute atomic E-state index is 12.7. The summed E-state index contributed by atoms with van der Waals surface area (Å²) < 4.78 is 39.5. The van der Waals surface area contributed by atoms with Crippen molar-refractivity contribution in [2.75, 3.05) is 5.32 Å². The highest BCUT2D eigenvalue weighted by Gasteiger charge is 2.35. The lowest BCUT2D eigenvalue weighted by Crippen LogP contribution is -2.31. The van der Waals surface area contributed by atoms with E-state index >= 15 is 0 Å². The van der Waals surface area contributed by atoms with Crippen molar-refractivity contribution in [2.24, 2.45) is 0 Å². The Morgan fingerprint density at radius 3 is 2.74 bits per heavy atom. The topological polar surface area (TPSA) is 92.9 Å². The molecular formula is C13H12F3N5O2. The number of hydrogen-bond acceptors (Lipinski definition) is 5. The van der Waals surface area contributed by atoms with E-state index in [4.69, 9.17) is 5.11 Å². The minimum absolute atomic E-state index is 0.136. The number of carboxylic acids is 1. The number of fused-ring (bicyclic) bond motifs is 1. The summed E-state index contributed by atoms with van der Waals surface area (Å²) in [5.74, 6) is -0.397. The van der Waals surface area contributed by atoms with Gasteiger partial charge in [0.25, 0.3) is 0 Å². The number of halogens is 3. The van der Waals surface area contributed by atoms with E-state index in [1.807, 2.05) is 0 Å². The van der Waals surface area contributed by atoms with Gasteiger partial charge in [-0.3, -0.25) is 0 Å². The molecule has 1 atom stereocenters. The molecule has 0 bridgehead atoms. The second-order valence-corrected chi connectivity index (χ2v) is 5.18. The number of anilines is 1. The zero-order valence-corrected chi connectivity index (χ0v) is 11.7. The smallest absolute Gasteiger partial charge is 0.434 e. The molecule has 0 radical (unpaired) electrons. The molecule has 0 saturated carbocycles. The van der Waals surface area contributed by atoms with Crippen LogP contribution in [-0.4, -0.2) is 36.9 Å². The Morgan fingerprint density at radius 2 is 2.13 bits per heavy atom. The number of aromatic carboxylic acids is 1. The van der Waals surface area contributed by atoms with Crippen LogP contribution < -0.4 is 5.32 Å². The minimum atomic E-state index is -4.45. The van der Waals surface area contributed by atoms with Crippen molar-refractivity contribution in [3.05, 3.63) is 35.5 Å². The fraction of sp³-hybridized carbons (Fsp3) is 0.385. The highest BCUT2D eigenvalue weighted by atomic mass is 19.4. The van der Waals surface area contributed by atoms with Gasteiger partial charge in [0.2, 0.25) is 0 Å². The zero-order chi connectivity index (χ0) is 16.6. The minimum Gasteiger partial charge on any atom is -0.476 e. The molecular weight excluding hydrogens is 315 g/mol. The molecule has 2 aromatic rings. The molecule has 1 unspecified atom stereocenters. The van der Waals surface area contributed by atoms with E-state index in [1.54, 1.807) is 0 Å². The van der Waals surface area contributed by atoms with Gasteiger partial charge in [-0.2, -0.15) is 13.2 Å². The summed E-state index contributed by atoms with van der Waals surface area (Å²) >= 11 is 0. The van der Waals surface area contributed by atoms with E-state index in [0.29, 0.717) is 31.0 Å². The van der Waals surface area contributed by atoms with Crippen LogP contribution in [0.3, 0.4) is 0 Å². The summed E-state index contributed by atoms with van der Waals surface area (Å²) in [4.78, 5) is 14.3. The average molecular weight is 327 g/mol. The lowest BCUT2D eigenvalue weighted by atomic mass is 10.1. The molecule has 0 aliphatic carbocycles. The predicted molar refractivity (Wildman–Crippen MR) is 72.0 cm³/mol. The van der Waals surface area contributed by atoms with Gasteiger partial charge in [0.15, 0.2) is 11.4 Å². The molecule has 1 aliphatic heterocycles. The quantitative estimate of drug-likeness (QED) is 0.893. The maximum atomic E-state index is 12.7. The van der Waals surface area contributed by atoms with Crippen molar-refractivity contribution in [3.8, 4) is 0 Å². The summed E-state index contributed by atoms with van der Waals surface area (Å²) in [6.45, 7) is 0.320. The Bertz CT molecular complexity index is 726. The molecule has 0 amide bonds. The van der Waals surface area contributed by atoms with Crippen LogP contribution in [0.4, 0.5) is 19.0 Å². The van der Waals surface area contributed by atoms with Crippen molar-refractivity contribution in [1.29, 1.82) is 0 Å². The van der Waals surface area contributed by atoms with Gasteiger partial charge in [0, 0.05) is 25.2 Å². The van der Waals surface area contributed by atoms with Crippen molar-refractivity contribution in [1.82, 2.24) is 19.7 Å². The van der Waals surface area contributed by atoms with Gasteiger partial charge in [-0.1, -0.05) is 0 Å². The third-order valence-corrected chi connectivity index (χ3v) is 3.52. The van der Waals surface area contributed by atoms with E-state index in [-0.39, 0.29) is 11.7 Å². The first kappa shape index (κ1) is 15.3. The van der Waals surface area contributed by atoms with E-state index in [9.17, 15) is 18.0 Å². The summed E-state index contributed by atoms with van der Waals surface area (Å²) in [6.07, 6.45) is -2.45. The molecule has 0 saturated heterocycles. The first-order chi connectivity index (χ1) is 10.8. The number of alkyl halides is 3. The summed E-state index contributed by atoms with van der Waals surface area (Å²) in [7, 11) is 0. The van der Waals surface area contributed by atoms with Crippen LogP contribution in [0.2, 0.25) is 0 Å². The molecule has 0 spiro atoms. The molecule has 0 aromatic carbocycles. The van der Waals surface area contributed by atoms with Crippen LogP contribution in [-0.2, 0) is 19.1 Å². The van der Waals surface area contributed by atoms with Gasteiger partial charge in [-0.15, -0.1) is 10.2 Å². The number of nitrogens with zero attached hydrogens (tertiary/aromatic N) is 4. The third kappa shape index (κ3) is 3.25. The Balaban J connectivity index is 1.70. The first-order valence-electron chi connectivity index (χ1n) is 6.80. The summed E-state index contributed by atoms with van der Waals surface area (Å²) in [5.41, 5.74) is -1.07. The molecule has 3 heterocycles. The highest BCUT2D eigenvalue weighted by molar-refractivity contribution is 5.85. The number of carboxylic acid groups (broad SMARTS) is 1. The van der Waals surface area contributed by atoms with E-state index < -0.39 is 17.8 Å². The van der Waals surface area contributed by atoms with Crippen molar-refractivity contribution in [3.63, 3.8) is 0 Å². The van der Waals surface area contributed by atoms with Crippen LogP contribution in [0, 0.1) is 0 Å². The molecule has 3 rings (SSSR count). The van der Waals surface area contributed by atoms with E-state index in [0.717, 1.165) is 6.20 Å². The van der Waals surface area contributed by atoms with Gasteiger partial charge >= 0.3 is 12.1 Å².